The number of halogens is 3. The molecule has 0 bridgehead atoms. The van der Waals surface area contributed by atoms with Crippen molar-refractivity contribution in [3.05, 3.63) is 0 Å². The van der Waals surface area contributed by atoms with Gasteiger partial charge in [-0.15, -0.1) is 12.3 Å². The van der Waals surface area contributed by atoms with Crippen LogP contribution in [0.5, 0.6) is 0 Å². The van der Waals surface area contributed by atoms with Gasteiger partial charge in [-0.25, -0.2) is 0 Å². The lowest BCUT2D eigenvalue weighted by Crippen LogP contribution is -2.19. The molecule has 0 spiro atoms. The predicted molar refractivity (Wildman–Crippen MR) is 40.9 cm³/mol. The van der Waals surface area contributed by atoms with Crippen molar-refractivity contribution in [2.24, 2.45) is 0 Å². The second kappa shape index (κ2) is 5.84. The van der Waals surface area contributed by atoms with Gasteiger partial charge in [-0.1, -0.05) is 0 Å². The van der Waals surface area contributed by atoms with Gasteiger partial charge in [-0.05, 0) is 6.42 Å². The zero-order chi connectivity index (χ0) is 10.3. The summed E-state index contributed by atoms with van der Waals surface area (Å²) in [7, 11) is 0. The molecule has 2 nitrogen and oxygen atoms in total. The maximum atomic E-state index is 11.5. The van der Waals surface area contributed by atoms with Crippen LogP contribution in [0.1, 0.15) is 12.8 Å². The third-order valence-electron chi connectivity index (χ3n) is 1.21. The lowest BCUT2D eigenvalue weighted by Gasteiger charge is -2.09. The Morgan fingerprint density at radius 1 is 1.46 bits per heavy atom. The number of terminal acetylenes is 1. The fourth-order valence-corrected chi connectivity index (χ4v) is 0.645. The Bertz CT molecular complexity index is 171. The van der Waals surface area contributed by atoms with Crippen molar-refractivity contribution in [2.75, 3.05) is 13.2 Å². The van der Waals surface area contributed by atoms with Gasteiger partial charge in [0.1, 0.15) is 6.61 Å². The van der Waals surface area contributed by atoms with E-state index in [-0.39, 0.29) is 19.4 Å². The van der Waals surface area contributed by atoms with Gasteiger partial charge in [0.15, 0.2) is 0 Å². The Hall–Kier alpha value is -0.730. The SMILES string of the molecule is C#CCC(O)CCOCC(F)(F)F. The predicted octanol–water partition coefficient (Wildman–Crippen LogP) is 1.34. The van der Waals surface area contributed by atoms with E-state index in [9.17, 15) is 13.2 Å². The van der Waals surface area contributed by atoms with Gasteiger partial charge in [0.05, 0.1) is 6.10 Å². The average Bonchev–Trinajstić information content (AvgIpc) is 1.97. The molecule has 5 heteroatoms. The summed E-state index contributed by atoms with van der Waals surface area (Å²) in [5, 5.41) is 8.97. The number of aliphatic hydroxyl groups is 1. The van der Waals surface area contributed by atoms with E-state index in [1.54, 1.807) is 0 Å². The molecule has 0 aromatic carbocycles. The maximum Gasteiger partial charge on any atom is 0.411 e. The molecule has 1 N–H and O–H groups in total. The molecule has 0 saturated heterocycles. The minimum absolute atomic E-state index is 0.125. The fraction of sp³-hybridized carbons (Fsp3) is 0.750. The van der Waals surface area contributed by atoms with Gasteiger partial charge in [0.25, 0.3) is 0 Å². The second-order valence-electron chi connectivity index (χ2n) is 2.52. The lowest BCUT2D eigenvalue weighted by molar-refractivity contribution is -0.175. The first-order valence-electron chi connectivity index (χ1n) is 3.71. The van der Waals surface area contributed by atoms with E-state index < -0.39 is 18.9 Å². The lowest BCUT2D eigenvalue weighted by atomic mass is 10.2. The molecule has 0 rings (SSSR count). The summed E-state index contributed by atoms with van der Waals surface area (Å²) in [6.07, 6.45) is 0.0438. The summed E-state index contributed by atoms with van der Waals surface area (Å²) >= 11 is 0. The Morgan fingerprint density at radius 3 is 2.54 bits per heavy atom. The Labute approximate surface area is 74.7 Å². The molecule has 0 aromatic rings. The topological polar surface area (TPSA) is 29.5 Å². The first kappa shape index (κ1) is 12.3. The number of aliphatic hydroxyl groups excluding tert-OH is 1. The highest BCUT2D eigenvalue weighted by atomic mass is 19.4. The molecule has 0 aliphatic carbocycles. The van der Waals surface area contributed by atoms with Crippen molar-refractivity contribution in [3.63, 3.8) is 0 Å². The third-order valence-corrected chi connectivity index (χ3v) is 1.21. The second-order valence-corrected chi connectivity index (χ2v) is 2.52. The number of ether oxygens (including phenoxy) is 1. The highest BCUT2D eigenvalue weighted by Gasteiger charge is 2.27. The quantitative estimate of drug-likeness (QED) is 0.531. The van der Waals surface area contributed by atoms with Crippen molar-refractivity contribution in [1.82, 2.24) is 0 Å². The van der Waals surface area contributed by atoms with E-state index in [2.05, 4.69) is 10.7 Å². The van der Waals surface area contributed by atoms with Crippen LogP contribution in [0.25, 0.3) is 0 Å². The zero-order valence-electron chi connectivity index (χ0n) is 6.97. The van der Waals surface area contributed by atoms with E-state index in [1.165, 1.54) is 0 Å². The maximum absolute atomic E-state index is 11.5. The molecule has 0 aliphatic heterocycles. The standard InChI is InChI=1S/C8H11F3O2/c1-2-3-7(12)4-5-13-6-8(9,10)11/h1,7,12H,3-6H2. The van der Waals surface area contributed by atoms with Crippen molar-refractivity contribution >= 4 is 0 Å². The molecule has 1 atom stereocenters. The summed E-state index contributed by atoms with van der Waals surface area (Å²) < 4.78 is 38.8. The number of alkyl halides is 3. The third kappa shape index (κ3) is 9.18. The molecule has 0 radical (unpaired) electrons. The zero-order valence-corrected chi connectivity index (χ0v) is 6.97. The van der Waals surface area contributed by atoms with Gasteiger partial charge in [0, 0.05) is 13.0 Å². The van der Waals surface area contributed by atoms with E-state index in [0.29, 0.717) is 0 Å². The van der Waals surface area contributed by atoms with Crippen LogP contribution in [0.15, 0.2) is 0 Å². The number of hydrogen-bond acceptors (Lipinski definition) is 2. The number of hydrogen-bond donors (Lipinski definition) is 1. The highest BCUT2D eigenvalue weighted by Crippen LogP contribution is 2.14. The van der Waals surface area contributed by atoms with Gasteiger partial charge >= 0.3 is 6.18 Å². The Morgan fingerprint density at radius 2 is 2.08 bits per heavy atom. The minimum atomic E-state index is -4.31. The van der Waals surface area contributed by atoms with E-state index in [0.717, 1.165) is 0 Å². The van der Waals surface area contributed by atoms with Gasteiger partial charge in [-0.2, -0.15) is 13.2 Å². The Kier molecular flexibility index (Phi) is 5.51. The smallest absolute Gasteiger partial charge is 0.392 e. The molecule has 0 aliphatic rings. The molecule has 76 valence electrons. The molecule has 0 aromatic heterocycles. The van der Waals surface area contributed by atoms with Gasteiger partial charge in [-0.3, -0.25) is 0 Å². The Balaban J connectivity index is 3.32. The molecule has 0 heterocycles. The van der Waals surface area contributed by atoms with E-state index >= 15 is 0 Å². The van der Waals surface area contributed by atoms with Crippen LogP contribution in [0, 0.1) is 12.3 Å². The fourth-order valence-electron chi connectivity index (χ4n) is 0.645. The van der Waals surface area contributed by atoms with Crippen LogP contribution in [0.2, 0.25) is 0 Å². The molecule has 0 amide bonds. The summed E-state index contributed by atoms with van der Waals surface area (Å²) in [5.41, 5.74) is 0. The monoisotopic (exact) mass is 196 g/mol. The summed E-state index contributed by atoms with van der Waals surface area (Å²) in [5.74, 6) is 2.20. The molecular weight excluding hydrogens is 185 g/mol. The summed E-state index contributed by atoms with van der Waals surface area (Å²) in [6.45, 7) is -1.42. The summed E-state index contributed by atoms with van der Waals surface area (Å²) in [6, 6.07) is 0. The van der Waals surface area contributed by atoms with Gasteiger partial charge in [0.2, 0.25) is 0 Å². The molecule has 13 heavy (non-hydrogen) atoms. The first-order valence-corrected chi connectivity index (χ1v) is 3.71. The highest BCUT2D eigenvalue weighted by molar-refractivity contribution is 4.86. The molecule has 0 saturated carbocycles. The van der Waals surface area contributed by atoms with Crippen LogP contribution in [0.4, 0.5) is 13.2 Å². The number of rotatable bonds is 5. The molecular formula is C8H11F3O2. The van der Waals surface area contributed by atoms with Crippen LogP contribution in [0.3, 0.4) is 0 Å². The van der Waals surface area contributed by atoms with Crippen molar-refractivity contribution in [2.45, 2.75) is 25.1 Å². The van der Waals surface area contributed by atoms with Crippen molar-refractivity contribution in [3.8, 4) is 12.3 Å². The first-order chi connectivity index (χ1) is 5.95. The minimum Gasteiger partial charge on any atom is -0.392 e. The van der Waals surface area contributed by atoms with Crippen molar-refractivity contribution in [1.29, 1.82) is 0 Å². The van der Waals surface area contributed by atoms with Crippen LogP contribution in [-0.4, -0.2) is 30.6 Å². The molecule has 0 fully saturated rings. The molecule has 1 unspecified atom stereocenters. The normalized spacial score (nSPS) is 13.8. The van der Waals surface area contributed by atoms with E-state index in [4.69, 9.17) is 11.5 Å². The summed E-state index contributed by atoms with van der Waals surface area (Å²) in [4.78, 5) is 0. The van der Waals surface area contributed by atoms with E-state index in [1.807, 2.05) is 0 Å². The van der Waals surface area contributed by atoms with Crippen LogP contribution in [-0.2, 0) is 4.74 Å². The van der Waals surface area contributed by atoms with Gasteiger partial charge < -0.3 is 9.84 Å². The van der Waals surface area contributed by atoms with Crippen LogP contribution >= 0.6 is 0 Å². The largest absolute Gasteiger partial charge is 0.411 e. The van der Waals surface area contributed by atoms with Crippen LogP contribution < -0.4 is 0 Å². The van der Waals surface area contributed by atoms with Crippen molar-refractivity contribution < 1.29 is 23.0 Å². The average molecular weight is 196 g/mol.